The third kappa shape index (κ3) is 2.50. The molecule has 0 spiro atoms. The topological polar surface area (TPSA) is 36.1 Å². The lowest BCUT2D eigenvalue weighted by Gasteiger charge is -2.10. The Kier molecular flexibility index (Phi) is 3.38. The van der Waals surface area contributed by atoms with Gasteiger partial charge in [0.2, 0.25) is 0 Å². The van der Waals surface area contributed by atoms with Gasteiger partial charge in [-0.05, 0) is 42.8 Å². The van der Waals surface area contributed by atoms with E-state index in [-0.39, 0.29) is 6.17 Å². The van der Waals surface area contributed by atoms with Crippen molar-refractivity contribution in [1.29, 1.82) is 0 Å². The molecule has 0 radical (unpaired) electrons. The molecule has 3 N–H and O–H groups in total. The second-order valence-corrected chi connectivity index (χ2v) is 4.87. The average molecular weight is 275 g/mol. The van der Waals surface area contributed by atoms with Crippen LogP contribution in [0, 0.1) is 11.6 Å². The van der Waals surface area contributed by atoms with E-state index in [0.717, 1.165) is 22.9 Å². The van der Waals surface area contributed by atoms with E-state index in [2.05, 4.69) is 16.2 Å². The van der Waals surface area contributed by atoms with Gasteiger partial charge in [0.1, 0.15) is 17.8 Å². The fourth-order valence-corrected chi connectivity index (χ4v) is 2.48. The fraction of sp³-hybridized carbons (Fsp3) is 0.200. The van der Waals surface area contributed by atoms with Gasteiger partial charge in [-0.25, -0.2) is 14.2 Å². The number of rotatable bonds is 3. The molecule has 1 aliphatic heterocycles. The highest BCUT2D eigenvalue weighted by Crippen LogP contribution is 2.28. The standard InChI is InChI=1S/C15H15F2N3/c1-18-15-13-7-9(2-3-14(13)19-20-15)4-10-5-11(16)8-12(17)6-10/h2-3,5-8,15,18-20H,4H2,1H3. The first-order chi connectivity index (χ1) is 9.65. The van der Waals surface area contributed by atoms with Gasteiger partial charge in [-0.1, -0.05) is 12.1 Å². The third-order valence-corrected chi connectivity index (χ3v) is 3.40. The summed E-state index contributed by atoms with van der Waals surface area (Å²) in [6.07, 6.45) is 0.535. The van der Waals surface area contributed by atoms with Crippen LogP contribution < -0.4 is 16.2 Å². The van der Waals surface area contributed by atoms with E-state index >= 15 is 0 Å². The highest BCUT2D eigenvalue weighted by Gasteiger charge is 2.20. The monoisotopic (exact) mass is 275 g/mol. The summed E-state index contributed by atoms with van der Waals surface area (Å²) in [6, 6.07) is 9.56. The maximum Gasteiger partial charge on any atom is 0.126 e. The second-order valence-electron chi connectivity index (χ2n) is 4.87. The molecule has 2 aromatic carbocycles. The van der Waals surface area contributed by atoms with Crippen LogP contribution >= 0.6 is 0 Å². The molecule has 1 aliphatic rings. The maximum atomic E-state index is 13.2. The van der Waals surface area contributed by atoms with Crippen LogP contribution in [-0.4, -0.2) is 7.05 Å². The van der Waals surface area contributed by atoms with Crippen LogP contribution in [0.15, 0.2) is 36.4 Å². The summed E-state index contributed by atoms with van der Waals surface area (Å²) in [6.45, 7) is 0. The van der Waals surface area contributed by atoms with Gasteiger partial charge < -0.3 is 5.43 Å². The number of benzene rings is 2. The van der Waals surface area contributed by atoms with Gasteiger partial charge >= 0.3 is 0 Å². The Morgan fingerprint density at radius 2 is 1.80 bits per heavy atom. The van der Waals surface area contributed by atoms with Crippen LogP contribution in [0.3, 0.4) is 0 Å². The quantitative estimate of drug-likeness (QED) is 0.806. The van der Waals surface area contributed by atoms with Crippen LogP contribution in [0.2, 0.25) is 0 Å². The molecule has 1 atom stereocenters. The Labute approximate surface area is 116 Å². The number of hydrazine groups is 1. The van der Waals surface area contributed by atoms with Gasteiger partial charge in [-0.2, -0.15) is 0 Å². The SMILES string of the molecule is CNC1NNc2ccc(Cc3cc(F)cc(F)c3)cc21. The number of fused-ring (bicyclic) bond motifs is 1. The van der Waals surface area contributed by atoms with Crippen molar-refractivity contribution in [2.75, 3.05) is 12.5 Å². The van der Waals surface area contributed by atoms with Gasteiger partial charge in [0, 0.05) is 11.6 Å². The zero-order chi connectivity index (χ0) is 14.1. The normalized spacial score (nSPS) is 16.9. The Bertz CT molecular complexity index is 623. The Balaban J connectivity index is 1.88. The average Bonchev–Trinajstić information content (AvgIpc) is 2.79. The molecule has 20 heavy (non-hydrogen) atoms. The van der Waals surface area contributed by atoms with Crippen LogP contribution in [0.1, 0.15) is 22.9 Å². The zero-order valence-electron chi connectivity index (χ0n) is 11.0. The van der Waals surface area contributed by atoms with Gasteiger partial charge in [0.15, 0.2) is 0 Å². The van der Waals surface area contributed by atoms with E-state index in [4.69, 9.17) is 0 Å². The number of halogens is 2. The highest BCUT2D eigenvalue weighted by atomic mass is 19.1. The molecule has 0 bridgehead atoms. The summed E-state index contributed by atoms with van der Waals surface area (Å²) in [5, 5.41) is 3.14. The van der Waals surface area contributed by atoms with Gasteiger partial charge in [0.05, 0.1) is 5.69 Å². The molecule has 1 unspecified atom stereocenters. The van der Waals surface area contributed by atoms with E-state index in [1.807, 2.05) is 25.2 Å². The number of anilines is 1. The summed E-state index contributed by atoms with van der Waals surface area (Å²) in [4.78, 5) is 0. The predicted octanol–water partition coefficient (Wildman–Crippen LogP) is 2.70. The van der Waals surface area contributed by atoms with Crippen LogP contribution in [0.5, 0.6) is 0 Å². The fourth-order valence-electron chi connectivity index (χ4n) is 2.48. The van der Waals surface area contributed by atoms with Crippen molar-refractivity contribution in [3.05, 3.63) is 64.7 Å². The van der Waals surface area contributed by atoms with Crippen LogP contribution in [-0.2, 0) is 6.42 Å². The molecule has 1 heterocycles. The lowest BCUT2D eigenvalue weighted by Crippen LogP contribution is -2.28. The Morgan fingerprint density at radius 1 is 1.05 bits per heavy atom. The van der Waals surface area contributed by atoms with E-state index in [9.17, 15) is 8.78 Å². The lowest BCUT2D eigenvalue weighted by atomic mass is 10.0. The molecule has 0 aliphatic carbocycles. The first-order valence-electron chi connectivity index (χ1n) is 6.42. The molecular weight excluding hydrogens is 260 g/mol. The maximum absolute atomic E-state index is 13.2. The van der Waals surface area contributed by atoms with Crippen molar-refractivity contribution in [2.24, 2.45) is 0 Å². The smallest absolute Gasteiger partial charge is 0.126 e. The van der Waals surface area contributed by atoms with E-state index in [1.54, 1.807) is 0 Å². The number of hydrogen-bond donors (Lipinski definition) is 3. The minimum Gasteiger partial charge on any atom is -0.319 e. The number of nitrogens with one attached hydrogen (secondary N) is 3. The van der Waals surface area contributed by atoms with Crippen molar-refractivity contribution in [2.45, 2.75) is 12.6 Å². The summed E-state index contributed by atoms with van der Waals surface area (Å²) in [7, 11) is 1.86. The minimum atomic E-state index is -0.544. The van der Waals surface area contributed by atoms with Crippen molar-refractivity contribution in [3.8, 4) is 0 Å². The van der Waals surface area contributed by atoms with Crippen molar-refractivity contribution in [1.82, 2.24) is 10.7 Å². The molecule has 3 nitrogen and oxygen atoms in total. The number of hydrogen-bond acceptors (Lipinski definition) is 3. The molecule has 3 rings (SSSR count). The molecule has 2 aromatic rings. The van der Waals surface area contributed by atoms with Gasteiger partial charge in [-0.3, -0.25) is 5.32 Å². The summed E-state index contributed by atoms with van der Waals surface area (Å²) in [5.41, 5.74) is 9.93. The first-order valence-corrected chi connectivity index (χ1v) is 6.42. The van der Waals surface area contributed by atoms with Crippen LogP contribution in [0.4, 0.5) is 14.5 Å². The van der Waals surface area contributed by atoms with E-state index in [0.29, 0.717) is 12.0 Å². The van der Waals surface area contributed by atoms with Gasteiger partial charge in [0.25, 0.3) is 0 Å². The predicted molar refractivity (Wildman–Crippen MR) is 74.2 cm³/mol. The largest absolute Gasteiger partial charge is 0.319 e. The van der Waals surface area contributed by atoms with Crippen molar-refractivity contribution in [3.63, 3.8) is 0 Å². The molecule has 104 valence electrons. The summed E-state index contributed by atoms with van der Waals surface area (Å²) < 4.78 is 26.4. The minimum absolute atomic E-state index is 0.0363. The molecule has 0 amide bonds. The molecule has 0 saturated carbocycles. The van der Waals surface area contributed by atoms with E-state index < -0.39 is 11.6 Å². The Hall–Kier alpha value is -1.98. The van der Waals surface area contributed by atoms with Crippen LogP contribution in [0.25, 0.3) is 0 Å². The van der Waals surface area contributed by atoms with Gasteiger partial charge in [-0.15, -0.1) is 0 Å². The first kappa shape index (κ1) is 13.0. The molecule has 0 aromatic heterocycles. The Morgan fingerprint density at radius 3 is 2.50 bits per heavy atom. The summed E-state index contributed by atoms with van der Waals surface area (Å²) in [5.74, 6) is -1.09. The summed E-state index contributed by atoms with van der Waals surface area (Å²) >= 11 is 0. The molecule has 0 saturated heterocycles. The molecule has 0 fully saturated rings. The van der Waals surface area contributed by atoms with Crippen molar-refractivity contribution >= 4 is 5.69 Å². The van der Waals surface area contributed by atoms with Crippen molar-refractivity contribution < 1.29 is 8.78 Å². The lowest BCUT2D eigenvalue weighted by molar-refractivity contribution is 0.544. The second kappa shape index (κ2) is 5.19. The highest BCUT2D eigenvalue weighted by molar-refractivity contribution is 5.57. The third-order valence-electron chi connectivity index (χ3n) is 3.40. The zero-order valence-corrected chi connectivity index (χ0v) is 11.0. The molecular formula is C15H15F2N3. The van der Waals surface area contributed by atoms with E-state index in [1.165, 1.54) is 12.1 Å². The molecule has 5 heteroatoms.